The molecular formula is C22H23N3O2. The van der Waals surface area contributed by atoms with Crippen molar-refractivity contribution < 1.29 is 9.59 Å². The molecule has 4 rings (SSSR count). The van der Waals surface area contributed by atoms with Gasteiger partial charge in [-0.25, -0.2) is 0 Å². The molecule has 27 heavy (non-hydrogen) atoms. The second-order valence-corrected chi connectivity index (χ2v) is 6.94. The highest BCUT2D eigenvalue weighted by Crippen LogP contribution is 2.20. The fourth-order valence-corrected chi connectivity index (χ4v) is 3.67. The number of aromatic nitrogens is 1. The molecule has 138 valence electrons. The summed E-state index contributed by atoms with van der Waals surface area (Å²) >= 11 is 0. The zero-order valence-electron chi connectivity index (χ0n) is 15.2. The van der Waals surface area contributed by atoms with Crippen LogP contribution in [0.3, 0.4) is 0 Å². The Kier molecular flexibility index (Phi) is 4.92. The molecule has 2 heterocycles. The quantitative estimate of drug-likeness (QED) is 0.779. The molecule has 0 saturated carbocycles. The molecule has 1 fully saturated rings. The van der Waals surface area contributed by atoms with Crippen molar-refractivity contribution in [3.8, 4) is 0 Å². The van der Waals surface area contributed by atoms with Crippen molar-refractivity contribution >= 4 is 22.7 Å². The van der Waals surface area contributed by atoms with Gasteiger partial charge in [-0.05, 0) is 18.1 Å². The minimum absolute atomic E-state index is 0.0322. The van der Waals surface area contributed by atoms with Gasteiger partial charge in [-0.1, -0.05) is 48.5 Å². The van der Waals surface area contributed by atoms with Gasteiger partial charge in [0.2, 0.25) is 5.91 Å². The van der Waals surface area contributed by atoms with E-state index in [4.69, 9.17) is 0 Å². The lowest BCUT2D eigenvalue weighted by atomic mass is 10.1. The highest BCUT2D eigenvalue weighted by molar-refractivity contribution is 6.06. The Balaban J connectivity index is 1.42. The molecule has 5 heteroatoms. The SMILES string of the molecule is O=C(Cc1ccccc1)N1CCCN(C(=O)c2c[nH]c3ccccc23)CC1. The van der Waals surface area contributed by atoms with Gasteiger partial charge >= 0.3 is 0 Å². The second kappa shape index (κ2) is 7.66. The maximum Gasteiger partial charge on any atom is 0.256 e. The number of H-pyrrole nitrogens is 1. The summed E-state index contributed by atoms with van der Waals surface area (Å²) in [6.07, 6.45) is 3.00. The molecule has 1 aliphatic heterocycles. The van der Waals surface area contributed by atoms with E-state index in [2.05, 4.69) is 4.98 Å². The molecule has 2 amide bonds. The number of para-hydroxylation sites is 1. The van der Waals surface area contributed by atoms with Crippen molar-refractivity contribution in [1.82, 2.24) is 14.8 Å². The van der Waals surface area contributed by atoms with Gasteiger partial charge in [0, 0.05) is 43.3 Å². The normalized spacial score (nSPS) is 15.0. The van der Waals surface area contributed by atoms with Crippen molar-refractivity contribution in [2.45, 2.75) is 12.8 Å². The zero-order valence-corrected chi connectivity index (χ0v) is 15.2. The summed E-state index contributed by atoms with van der Waals surface area (Å²) in [5, 5.41) is 0.948. The average molecular weight is 361 g/mol. The molecule has 1 aromatic heterocycles. The van der Waals surface area contributed by atoms with Crippen LogP contribution in [0.5, 0.6) is 0 Å². The van der Waals surface area contributed by atoms with E-state index in [-0.39, 0.29) is 11.8 Å². The van der Waals surface area contributed by atoms with Crippen molar-refractivity contribution in [2.24, 2.45) is 0 Å². The van der Waals surface area contributed by atoms with Gasteiger partial charge in [0.1, 0.15) is 0 Å². The van der Waals surface area contributed by atoms with E-state index in [1.807, 2.05) is 64.4 Å². The lowest BCUT2D eigenvalue weighted by molar-refractivity contribution is -0.130. The Labute approximate surface area is 158 Å². The van der Waals surface area contributed by atoms with Gasteiger partial charge in [-0.15, -0.1) is 0 Å². The van der Waals surface area contributed by atoms with E-state index >= 15 is 0 Å². The minimum Gasteiger partial charge on any atom is -0.360 e. The van der Waals surface area contributed by atoms with Crippen molar-refractivity contribution in [1.29, 1.82) is 0 Å². The van der Waals surface area contributed by atoms with Gasteiger partial charge < -0.3 is 14.8 Å². The first-order valence-corrected chi connectivity index (χ1v) is 9.39. The Morgan fingerprint density at radius 3 is 2.41 bits per heavy atom. The summed E-state index contributed by atoms with van der Waals surface area (Å²) in [5.41, 5.74) is 2.70. The third-order valence-electron chi connectivity index (χ3n) is 5.15. The number of hydrogen-bond donors (Lipinski definition) is 1. The summed E-state index contributed by atoms with van der Waals surface area (Å²) in [7, 11) is 0. The van der Waals surface area contributed by atoms with Crippen LogP contribution in [-0.4, -0.2) is 52.8 Å². The number of fused-ring (bicyclic) bond motifs is 1. The van der Waals surface area contributed by atoms with E-state index in [9.17, 15) is 9.59 Å². The van der Waals surface area contributed by atoms with Crippen molar-refractivity contribution in [2.75, 3.05) is 26.2 Å². The van der Waals surface area contributed by atoms with Crippen LogP contribution in [0, 0.1) is 0 Å². The topological polar surface area (TPSA) is 56.4 Å². The van der Waals surface area contributed by atoms with E-state index in [0.29, 0.717) is 38.2 Å². The number of carbonyl (C=O) groups excluding carboxylic acids is 2. The molecule has 1 N–H and O–H groups in total. The third-order valence-corrected chi connectivity index (χ3v) is 5.15. The van der Waals surface area contributed by atoms with E-state index < -0.39 is 0 Å². The Hall–Kier alpha value is -3.08. The molecule has 3 aromatic rings. The molecule has 1 aliphatic rings. The van der Waals surface area contributed by atoms with Gasteiger partial charge in [0.15, 0.2) is 0 Å². The van der Waals surface area contributed by atoms with E-state index in [0.717, 1.165) is 22.9 Å². The number of nitrogens with one attached hydrogen (secondary N) is 1. The number of hydrogen-bond acceptors (Lipinski definition) is 2. The Morgan fingerprint density at radius 1 is 0.852 bits per heavy atom. The van der Waals surface area contributed by atoms with Crippen molar-refractivity contribution in [3.05, 3.63) is 71.9 Å². The van der Waals surface area contributed by atoms with Crippen LogP contribution >= 0.6 is 0 Å². The maximum absolute atomic E-state index is 13.0. The number of nitrogens with zero attached hydrogens (tertiary/aromatic N) is 2. The van der Waals surface area contributed by atoms with E-state index in [1.54, 1.807) is 6.20 Å². The number of benzene rings is 2. The zero-order chi connectivity index (χ0) is 18.6. The molecule has 5 nitrogen and oxygen atoms in total. The molecular weight excluding hydrogens is 338 g/mol. The lowest BCUT2D eigenvalue weighted by Crippen LogP contribution is -2.37. The fraction of sp³-hybridized carbons (Fsp3) is 0.273. The first kappa shape index (κ1) is 17.3. The smallest absolute Gasteiger partial charge is 0.256 e. The van der Waals surface area contributed by atoms with Gasteiger partial charge in [-0.2, -0.15) is 0 Å². The van der Waals surface area contributed by atoms with E-state index in [1.165, 1.54) is 0 Å². The molecule has 0 radical (unpaired) electrons. The molecule has 1 saturated heterocycles. The summed E-state index contributed by atoms with van der Waals surface area (Å²) in [4.78, 5) is 32.5. The van der Waals surface area contributed by atoms with Crippen LogP contribution in [0.4, 0.5) is 0 Å². The van der Waals surface area contributed by atoms with Crippen LogP contribution in [0.1, 0.15) is 22.3 Å². The fourth-order valence-electron chi connectivity index (χ4n) is 3.67. The summed E-state index contributed by atoms with van der Waals surface area (Å²) in [5.74, 6) is 0.160. The minimum atomic E-state index is 0.0322. The Morgan fingerprint density at radius 2 is 1.56 bits per heavy atom. The van der Waals surface area contributed by atoms with Crippen LogP contribution < -0.4 is 0 Å². The number of aromatic amines is 1. The summed E-state index contributed by atoms with van der Waals surface area (Å²) < 4.78 is 0. The molecule has 0 atom stereocenters. The highest BCUT2D eigenvalue weighted by atomic mass is 16.2. The van der Waals surface area contributed by atoms with Crippen LogP contribution in [-0.2, 0) is 11.2 Å². The predicted molar refractivity (Wildman–Crippen MR) is 106 cm³/mol. The van der Waals surface area contributed by atoms with Crippen LogP contribution in [0.2, 0.25) is 0 Å². The van der Waals surface area contributed by atoms with Crippen molar-refractivity contribution in [3.63, 3.8) is 0 Å². The first-order chi connectivity index (χ1) is 13.2. The summed E-state index contributed by atoms with van der Waals surface area (Å²) in [6.45, 7) is 2.52. The largest absolute Gasteiger partial charge is 0.360 e. The van der Waals surface area contributed by atoms with Gasteiger partial charge in [0.25, 0.3) is 5.91 Å². The van der Waals surface area contributed by atoms with Gasteiger partial charge in [-0.3, -0.25) is 9.59 Å². The maximum atomic E-state index is 13.0. The molecule has 0 aliphatic carbocycles. The van der Waals surface area contributed by atoms with Crippen LogP contribution in [0.25, 0.3) is 10.9 Å². The second-order valence-electron chi connectivity index (χ2n) is 6.94. The summed E-state index contributed by atoms with van der Waals surface area (Å²) in [6, 6.07) is 17.6. The van der Waals surface area contributed by atoms with Crippen LogP contribution in [0.15, 0.2) is 60.8 Å². The first-order valence-electron chi connectivity index (χ1n) is 9.39. The highest BCUT2D eigenvalue weighted by Gasteiger charge is 2.24. The third kappa shape index (κ3) is 3.72. The number of rotatable bonds is 3. The standard InChI is InChI=1S/C22H23N3O2/c26-21(15-17-7-2-1-3-8-17)24-11-6-12-25(14-13-24)22(27)19-16-23-20-10-5-4-9-18(19)20/h1-5,7-10,16,23H,6,11-15H2. The number of amides is 2. The number of carbonyl (C=O) groups is 2. The molecule has 0 spiro atoms. The molecule has 2 aromatic carbocycles. The van der Waals surface area contributed by atoms with Gasteiger partial charge in [0.05, 0.1) is 12.0 Å². The molecule has 0 unspecified atom stereocenters. The molecule has 0 bridgehead atoms. The average Bonchev–Trinajstić information content (AvgIpc) is 2.97. The Bertz CT molecular complexity index is 948. The lowest BCUT2D eigenvalue weighted by Gasteiger charge is -2.22. The monoisotopic (exact) mass is 361 g/mol. The predicted octanol–water partition coefficient (Wildman–Crippen LogP) is 3.09.